The van der Waals surface area contributed by atoms with Crippen molar-refractivity contribution in [3.8, 4) is 0 Å². The molecule has 0 spiro atoms. The van der Waals surface area contributed by atoms with E-state index in [1.165, 1.54) is 0 Å². The second-order valence-corrected chi connectivity index (χ2v) is 7.22. The van der Waals surface area contributed by atoms with Crippen molar-refractivity contribution in [3.63, 3.8) is 0 Å². The van der Waals surface area contributed by atoms with Gasteiger partial charge < -0.3 is 0 Å². The van der Waals surface area contributed by atoms with Crippen molar-refractivity contribution < 1.29 is 0 Å². The van der Waals surface area contributed by atoms with E-state index < -0.39 is 5.66 Å². The quantitative estimate of drug-likeness (QED) is 0.712. The van der Waals surface area contributed by atoms with Gasteiger partial charge in [0.05, 0.1) is 17.4 Å². The molecule has 2 aromatic heterocycles. The van der Waals surface area contributed by atoms with Gasteiger partial charge in [-0.1, -0.05) is 37.3 Å². The van der Waals surface area contributed by atoms with E-state index in [0.29, 0.717) is 17.4 Å². The van der Waals surface area contributed by atoms with Gasteiger partial charge in [0.15, 0.2) is 0 Å². The fraction of sp³-hybridized carbons (Fsp3) is 0.381. The van der Waals surface area contributed by atoms with E-state index >= 15 is 0 Å². The summed E-state index contributed by atoms with van der Waals surface area (Å²) in [4.78, 5) is 27.2. The lowest BCUT2D eigenvalue weighted by Crippen LogP contribution is -2.51. The van der Waals surface area contributed by atoms with Crippen LogP contribution in [0.15, 0.2) is 53.6 Å². The molecular weight excluding hydrogens is 338 g/mol. The molecule has 1 saturated heterocycles. The minimum absolute atomic E-state index is 0.0338. The summed E-state index contributed by atoms with van der Waals surface area (Å²) in [5, 5.41) is 0.562. The summed E-state index contributed by atoms with van der Waals surface area (Å²) < 4.78 is 1.83. The summed E-state index contributed by atoms with van der Waals surface area (Å²) in [6.45, 7) is 4.55. The highest BCUT2D eigenvalue weighted by atomic mass is 16.1. The molecule has 0 N–H and O–H groups in total. The van der Waals surface area contributed by atoms with Gasteiger partial charge in [0.25, 0.3) is 5.56 Å². The van der Waals surface area contributed by atoms with Crippen LogP contribution < -0.4 is 5.56 Å². The zero-order chi connectivity index (χ0) is 19.0. The Balaban J connectivity index is 2.01. The maximum absolute atomic E-state index is 13.4. The summed E-state index contributed by atoms with van der Waals surface area (Å²) in [5.41, 5.74) is 1.36. The summed E-state index contributed by atoms with van der Waals surface area (Å²) >= 11 is 0. The Morgan fingerprint density at radius 1 is 1.07 bits per heavy atom. The Hall–Kier alpha value is -2.57. The van der Waals surface area contributed by atoms with E-state index in [1.807, 2.05) is 41.0 Å². The Morgan fingerprint density at radius 2 is 1.78 bits per heavy atom. The fourth-order valence-corrected chi connectivity index (χ4v) is 4.28. The van der Waals surface area contributed by atoms with Crippen LogP contribution in [0.2, 0.25) is 0 Å². The number of pyridine rings is 1. The fourth-order valence-electron chi connectivity index (χ4n) is 4.28. The molecule has 3 heterocycles. The summed E-state index contributed by atoms with van der Waals surface area (Å²) in [5.74, 6) is 0.806. The predicted molar refractivity (Wildman–Crippen MR) is 107 cm³/mol. The van der Waals surface area contributed by atoms with Crippen LogP contribution in [0.25, 0.3) is 10.9 Å². The first-order valence-corrected chi connectivity index (χ1v) is 9.39. The molecule has 0 radical (unpaired) electrons. The van der Waals surface area contributed by atoms with Gasteiger partial charge in [-0.2, -0.15) is 0 Å². The van der Waals surface area contributed by atoms with E-state index in [4.69, 9.17) is 4.98 Å². The van der Waals surface area contributed by atoms with Crippen LogP contribution >= 0.6 is 0 Å². The monoisotopic (exact) mass is 363 g/mol. The molecular formula is C21H25N5O. The maximum atomic E-state index is 13.4. The molecule has 0 aliphatic carbocycles. The minimum atomic E-state index is -0.397. The third-order valence-electron chi connectivity index (χ3n) is 5.82. The van der Waals surface area contributed by atoms with Crippen LogP contribution in [0.5, 0.6) is 0 Å². The van der Waals surface area contributed by atoms with Crippen LogP contribution in [0.4, 0.5) is 0 Å². The zero-order valence-electron chi connectivity index (χ0n) is 16.1. The summed E-state index contributed by atoms with van der Waals surface area (Å²) in [7, 11) is 4.23. The lowest BCUT2D eigenvalue weighted by atomic mass is 10.0. The third-order valence-corrected chi connectivity index (χ3v) is 5.82. The highest BCUT2D eigenvalue weighted by molar-refractivity contribution is 5.76. The molecule has 27 heavy (non-hydrogen) atoms. The smallest absolute Gasteiger partial charge is 0.263 e. The third kappa shape index (κ3) is 2.76. The Morgan fingerprint density at radius 3 is 2.44 bits per heavy atom. The van der Waals surface area contributed by atoms with Crippen molar-refractivity contribution in [2.45, 2.75) is 25.6 Å². The van der Waals surface area contributed by atoms with Crippen LogP contribution in [-0.4, -0.2) is 51.5 Å². The van der Waals surface area contributed by atoms with Gasteiger partial charge in [0.2, 0.25) is 0 Å². The van der Waals surface area contributed by atoms with E-state index in [0.717, 1.165) is 30.9 Å². The van der Waals surface area contributed by atoms with E-state index in [9.17, 15) is 4.79 Å². The number of likely N-dealkylation sites (N-methyl/N-ethyl adjacent to an activating group) is 2. The lowest BCUT2D eigenvalue weighted by molar-refractivity contribution is 0.0268. The predicted octanol–water partition coefficient (Wildman–Crippen LogP) is 2.28. The van der Waals surface area contributed by atoms with Gasteiger partial charge in [0.1, 0.15) is 11.5 Å². The second-order valence-electron chi connectivity index (χ2n) is 7.22. The van der Waals surface area contributed by atoms with Crippen LogP contribution in [0.3, 0.4) is 0 Å². The molecule has 3 aromatic rings. The number of aromatic nitrogens is 3. The number of benzene rings is 1. The first-order chi connectivity index (χ1) is 13.1. The molecule has 1 aromatic carbocycles. The van der Waals surface area contributed by atoms with Gasteiger partial charge in [-0.15, -0.1) is 0 Å². The van der Waals surface area contributed by atoms with Crippen LogP contribution in [0.1, 0.15) is 24.7 Å². The summed E-state index contributed by atoms with van der Waals surface area (Å²) in [6, 6.07) is 11.9. The molecule has 0 bridgehead atoms. The molecule has 6 nitrogen and oxygen atoms in total. The average molecular weight is 363 g/mol. The standard InChI is InChI=1S/C21H25N5O/c1-4-21(24(2)12-13-25(21)3)20-23-18-10-11-22-14-17(18)19(27)26(20)15-16-8-6-5-7-9-16/h5-11,14H,4,12-13,15H2,1-3H3. The average Bonchev–Trinajstić information content (AvgIpc) is 2.99. The SMILES string of the molecule is CCC1(c2nc3ccncc3c(=O)n2Cc2ccccc2)N(C)CCN1C. The van der Waals surface area contributed by atoms with Crippen molar-refractivity contribution in [2.24, 2.45) is 0 Å². The van der Waals surface area contributed by atoms with Gasteiger partial charge in [0, 0.05) is 25.5 Å². The number of fused-ring (bicyclic) bond motifs is 1. The number of rotatable bonds is 4. The Bertz CT molecular complexity index is 1000. The number of hydrogen-bond acceptors (Lipinski definition) is 5. The van der Waals surface area contributed by atoms with Crippen molar-refractivity contribution in [1.82, 2.24) is 24.3 Å². The zero-order valence-corrected chi connectivity index (χ0v) is 16.1. The van der Waals surface area contributed by atoms with E-state index in [1.54, 1.807) is 12.4 Å². The number of nitrogens with zero attached hydrogens (tertiary/aromatic N) is 5. The van der Waals surface area contributed by atoms with Crippen LogP contribution in [-0.2, 0) is 12.2 Å². The van der Waals surface area contributed by atoms with E-state index in [2.05, 4.69) is 35.8 Å². The van der Waals surface area contributed by atoms with Gasteiger partial charge in [-0.25, -0.2) is 4.98 Å². The molecule has 0 saturated carbocycles. The maximum Gasteiger partial charge on any atom is 0.263 e. The molecule has 4 rings (SSSR count). The molecule has 1 aliphatic rings. The summed E-state index contributed by atoms with van der Waals surface area (Å²) in [6.07, 6.45) is 4.16. The highest BCUT2D eigenvalue weighted by Gasteiger charge is 2.46. The molecule has 0 amide bonds. The normalized spacial score (nSPS) is 17.6. The van der Waals surface area contributed by atoms with Crippen molar-refractivity contribution in [3.05, 3.63) is 70.5 Å². The second kappa shape index (κ2) is 6.87. The topological polar surface area (TPSA) is 54.3 Å². The minimum Gasteiger partial charge on any atom is -0.289 e. The van der Waals surface area contributed by atoms with Crippen LogP contribution in [0, 0.1) is 0 Å². The van der Waals surface area contributed by atoms with Gasteiger partial charge in [-0.05, 0) is 32.1 Å². The van der Waals surface area contributed by atoms with Gasteiger partial charge in [-0.3, -0.25) is 24.1 Å². The van der Waals surface area contributed by atoms with Gasteiger partial charge >= 0.3 is 0 Å². The van der Waals surface area contributed by atoms with Crippen molar-refractivity contribution in [2.75, 3.05) is 27.2 Å². The highest BCUT2D eigenvalue weighted by Crippen LogP contribution is 2.37. The Kier molecular flexibility index (Phi) is 4.53. The lowest BCUT2D eigenvalue weighted by Gasteiger charge is -2.40. The molecule has 140 valence electrons. The first kappa shape index (κ1) is 17.8. The molecule has 1 aliphatic heterocycles. The molecule has 1 fully saturated rings. The van der Waals surface area contributed by atoms with Crippen molar-refractivity contribution >= 4 is 10.9 Å². The molecule has 6 heteroatoms. The van der Waals surface area contributed by atoms with Crippen molar-refractivity contribution in [1.29, 1.82) is 0 Å². The van der Waals surface area contributed by atoms with E-state index in [-0.39, 0.29) is 5.56 Å². The number of hydrogen-bond donors (Lipinski definition) is 0. The first-order valence-electron chi connectivity index (χ1n) is 9.39. The molecule has 0 unspecified atom stereocenters. The molecule has 0 atom stereocenters. The Labute approximate surface area is 159 Å². The largest absolute Gasteiger partial charge is 0.289 e.